The first-order valence-electron chi connectivity index (χ1n) is 6.20. The van der Waals surface area contributed by atoms with E-state index in [4.69, 9.17) is 0 Å². The maximum Gasteiger partial charge on any atom is 0.252 e. The highest BCUT2D eigenvalue weighted by Crippen LogP contribution is 2.14. The van der Waals surface area contributed by atoms with Crippen LogP contribution in [0.5, 0.6) is 0 Å². The summed E-state index contributed by atoms with van der Waals surface area (Å²) in [6.07, 6.45) is 0. The molecule has 2 aromatic rings. The number of carbonyl (C=O) groups excluding carboxylic acids is 1. The Kier molecular flexibility index (Phi) is 3.95. The summed E-state index contributed by atoms with van der Waals surface area (Å²) in [5.41, 5.74) is 2.18. The van der Waals surface area contributed by atoms with Crippen LogP contribution < -0.4 is 5.32 Å². The Morgan fingerprint density at radius 2 is 1.84 bits per heavy atom. The zero-order valence-corrected chi connectivity index (χ0v) is 11.0. The molecule has 0 aromatic heterocycles. The summed E-state index contributed by atoms with van der Waals surface area (Å²) in [5, 5.41) is 2.91. The lowest BCUT2D eigenvalue weighted by atomic mass is 10.1. The largest absolute Gasteiger partial charge is 0.346 e. The molecule has 19 heavy (non-hydrogen) atoms. The second-order valence-corrected chi connectivity index (χ2v) is 4.57. The monoisotopic (exact) mass is 257 g/mol. The Hall–Kier alpha value is -2.16. The molecule has 0 bridgehead atoms. The number of nitrogens with one attached hydrogen (secondary N) is 1. The van der Waals surface area contributed by atoms with Gasteiger partial charge in [0.05, 0.1) is 6.04 Å². The number of hydrogen-bond acceptors (Lipinski definition) is 1. The molecule has 1 unspecified atom stereocenters. The van der Waals surface area contributed by atoms with Crippen LogP contribution in [0.2, 0.25) is 0 Å². The molecule has 0 spiro atoms. The Labute approximate surface area is 112 Å². The van der Waals surface area contributed by atoms with Crippen LogP contribution in [0.3, 0.4) is 0 Å². The van der Waals surface area contributed by atoms with Gasteiger partial charge >= 0.3 is 0 Å². The summed E-state index contributed by atoms with van der Waals surface area (Å²) in [7, 11) is 0. The molecule has 2 rings (SSSR count). The predicted octanol–water partition coefficient (Wildman–Crippen LogP) is 3.63. The van der Waals surface area contributed by atoms with E-state index in [9.17, 15) is 9.18 Å². The minimum Gasteiger partial charge on any atom is -0.346 e. The summed E-state index contributed by atoms with van der Waals surface area (Å²) in [6.45, 7) is 3.65. The van der Waals surface area contributed by atoms with Crippen LogP contribution in [-0.4, -0.2) is 5.91 Å². The number of amides is 1. The molecular weight excluding hydrogens is 241 g/mol. The van der Waals surface area contributed by atoms with Crippen molar-refractivity contribution >= 4 is 5.91 Å². The molecule has 3 heteroatoms. The van der Waals surface area contributed by atoms with E-state index >= 15 is 0 Å². The van der Waals surface area contributed by atoms with Gasteiger partial charge < -0.3 is 5.32 Å². The van der Waals surface area contributed by atoms with Gasteiger partial charge in [0, 0.05) is 5.56 Å². The molecule has 1 atom stereocenters. The van der Waals surface area contributed by atoms with Crippen molar-refractivity contribution < 1.29 is 9.18 Å². The molecule has 0 saturated carbocycles. The smallest absolute Gasteiger partial charge is 0.252 e. The maximum atomic E-state index is 13.0. The average molecular weight is 257 g/mol. The molecule has 0 radical (unpaired) electrons. The highest BCUT2D eigenvalue weighted by Gasteiger charge is 2.13. The number of aryl methyl sites for hydroxylation is 1. The van der Waals surface area contributed by atoms with E-state index in [1.54, 1.807) is 6.92 Å². The van der Waals surface area contributed by atoms with Crippen LogP contribution in [0.1, 0.15) is 34.5 Å². The lowest BCUT2D eigenvalue weighted by Crippen LogP contribution is -2.27. The number of halogens is 1. The molecule has 2 nitrogen and oxygen atoms in total. The molecule has 0 aliphatic heterocycles. The molecule has 1 amide bonds. The zero-order valence-electron chi connectivity index (χ0n) is 11.0. The number of carbonyl (C=O) groups is 1. The van der Waals surface area contributed by atoms with Crippen molar-refractivity contribution in [2.75, 3.05) is 0 Å². The fourth-order valence-electron chi connectivity index (χ4n) is 1.98. The van der Waals surface area contributed by atoms with E-state index in [0.717, 1.165) is 5.56 Å². The van der Waals surface area contributed by atoms with Gasteiger partial charge in [-0.1, -0.05) is 30.3 Å². The average Bonchev–Trinajstić information content (AvgIpc) is 2.39. The van der Waals surface area contributed by atoms with Crippen LogP contribution in [0.15, 0.2) is 48.5 Å². The second-order valence-electron chi connectivity index (χ2n) is 4.57. The second kappa shape index (κ2) is 5.65. The fraction of sp³-hybridized carbons (Fsp3) is 0.188. The molecule has 0 heterocycles. The third-order valence-electron chi connectivity index (χ3n) is 3.08. The van der Waals surface area contributed by atoms with Gasteiger partial charge in [-0.3, -0.25) is 4.79 Å². The number of rotatable bonds is 3. The van der Waals surface area contributed by atoms with Crippen molar-refractivity contribution in [3.8, 4) is 0 Å². The molecule has 0 saturated heterocycles. The van der Waals surface area contributed by atoms with Gasteiger partial charge in [0.2, 0.25) is 0 Å². The molecule has 98 valence electrons. The van der Waals surface area contributed by atoms with Gasteiger partial charge in [-0.2, -0.15) is 0 Å². The molecule has 0 aliphatic rings. The summed E-state index contributed by atoms with van der Waals surface area (Å²) in [4.78, 5) is 12.1. The van der Waals surface area contributed by atoms with Gasteiger partial charge in [-0.25, -0.2) is 4.39 Å². The Morgan fingerprint density at radius 1 is 1.16 bits per heavy atom. The van der Waals surface area contributed by atoms with Gasteiger partial charge in [-0.15, -0.1) is 0 Å². The minimum atomic E-state index is -0.329. The van der Waals surface area contributed by atoms with Crippen molar-refractivity contribution in [3.05, 3.63) is 71.0 Å². The third kappa shape index (κ3) is 3.19. The van der Waals surface area contributed by atoms with Gasteiger partial charge in [0.15, 0.2) is 0 Å². The van der Waals surface area contributed by atoms with Crippen LogP contribution in [-0.2, 0) is 0 Å². The predicted molar refractivity (Wildman–Crippen MR) is 73.5 cm³/mol. The SMILES string of the molecule is Cc1cc(F)ccc1C(=O)NC(C)c1ccccc1. The van der Waals surface area contributed by atoms with Crippen molar-refractivity contribution in [2.45, 2.75) is 19.9 Å². The van der Waals surface area contributed by atoms with Crippen LogP contribution in [0.4, 0.5) is 4.39 Å². The van der Waals surface area contributed by atoms with E-state index in [0.29, 0.717) is 11.1 Å². The lowest BCUT2D eigenvalue weighted by molar-refractivity contribution is 0.0939. The number of benzene rings is 2. The topological polar surface area (TPSA) is 29.1 Å². The van der Waals surface area contributed by atoms with E-state index in [1.807, 2.05) is 37.3 Å². The maximum absolute atomic E-state index is 13.0. The first kappa shape index (κ1) is 13.3. The van der Waals surface area contributed by atoms with Gasteiger partial charge in [-0.05, 0) is 43.2 Å². The first-order chi connectivity index (χ1) is 9.08. The molecular formula is C16H16FNO. The van der Waals surface area contributed by atoms with Gasteiger partial charge in [0.1, 0.15) is 5.82 Å². The standard InChI is InChI=1S/C16H16FNO/c1-11-10-14(17)8-9-15(11)16(19)18-12(2)13-6-4-3-5-7-13/h3-10,12H,1-2H3,(H,18,19). The number of hydrogen-bond donors (Lipinski definition) is 1. The van der Waals surface area contributed by atoms with E-state index in [1.165, 1.54) is 18.2 Å². The summed E-state index contributed by atoms with van der Waals surface area (Å²) >= 11 is 0. The van der Waals surface area contributed by atoms with Crippen molar-refractivity contribution in [3.63, 3.8) is 0 Å². The van der Waals surface area contributed by atoms with Crippen LogP contribution in [0.25, 0.3) is 0 Å². The van der Waals surface area contributed by atoms with Crippen molar-refractivity contribution in [1.29, 1.82) is 0 Å². The molecule has 2 aromatic carbocycles. The summed E-state index contributed by atoms with van der Waals surface area (Å²) in [5.74, 6) is -0.515. The molecule has 1 N–H and O–H groups in total. The van der Waals surface area contributed by atoms with Gasteiger partial charge in [0.25, 0.3) is 5.91 Å². The normalized spacial score (nSPS) is 11.9. The summed E-state index contributed by atoms with van der Waals surface area (Å²) in [6, 6.07) is 13.8. The first-order valence-corrected chi connectivity index (χ1v) is 6.20. The van der Waals surface area contributed by atoms with Crippen LogP contribution >= 0.6 is 0 Å². The van der Waals surface area contributed by atoms with Crippen molar-refractivity contribution in [1.82, 2.24) is 5.32 Å². The highest BCUT2D eigenvalue weighted by molar-refractivity contribution is 5.95. The third-order valence-corrected chi connectivity index (χ3v) is 3.08. The van der Waals surface area contributed by atoms with E-state index in [2.05, 4.69) is 5.32 Å². The molecule has 0 fully saturated rings. The quantitative estimate of drug-likeness (QED) is 0.893. The fourth-order valence-corrected chi connectivity index (χ4v) is 1.98. The zero-order chi connectivity index (χ0) is 13.8. The van der Waals surface area contributed by atoms with E-state index < -0.39 is 0 Å². The minimum absolute atomic E-state index is 0.0850. The van der Waals surface area contributed by atoms with Crippen molar-refractivity contribution in [2.24, 2.45) is 0 Å². The Morgan fingerprint density at radius 3 is 2.47 bits per heavy atom. The van der Waals surface area contributed by atoms with Crippen LogP contribution in [0, 0.1) is 12.7 Å². The van der Waals surface area contributed by atoms with E-state index in [-0.39, 0.29) is 17.8 Å². The Balaban J connectivity index is 2.13. The highest BCUT2D eigenvalue weighted by atomic mass is 19.1. The lowest BCUT2D eigenvalue weighted by Gasteiger charge is -2.15. The Bertz CT molecular complexity index is 581. The summed E-state index contributed by atoms with van der Waals surface area (Å²) < 4.78 is 13.0. The molecule has 0 aliphatic carbocycles.